The number of rotatable bonds is 9. The number of nitrogens with zero attached hydrogens (tertiary/aromatic N) is 1. The number of nitro groups is 1. The highest BCUT2D eigenvalue weighted by atomic mass is 32.2. The van der Waals surface area contributed by atoms with Crippen LogP contribution in [0.25, 0.3) is 0 Å². The molecule has 1 amide bonds. The smallest absolute Gasteiger partial charge is 0.271 e. The molecule has 0 saturated heterocycles. The molecule has 0 fully saturated rings. The number of sulfonamides is 1. The Morgan fingerprint density at radius 1 is 0.967 bits per heavy atom. The second-order valence-electron chi connectivity index (χ2n) is 6.10. The number of non-ortho nitro benzene ring substituents is 1. The van der Waals surface area contributed by atoms with Crippen LogP contribution in [-0.2, 0) is 10.0 Å². The van der Waals surface area contributed by atoms with E-state index in [-0.39, 0.29) is 15.8 Å². The normalized spacial score (nSPS) is 10.9. The zero-order chi connectivity index (χ0) is 21.6. The summed E-state index contributed by atoms with van der Waals surface area (Å²) in [6.45, 7) is 0.769. The van der Waals surface area contributed by atoms with Gasteiger partial charge in [0.15, 0.2) is 0 Å². The summed E-state index contributed by atoms with van der Waals surface area (Å²) >= 11 is 1.12. The van der Waals surface area contributed by atoms with Crippen LogP contribution in [-0.4, -0.2) is 32.3 Å². The fourth-order valence-corrected chi connectivity index (χ4v) is 4.55. The minimum absolute atomic E-state index is 0.00924. The number of thiophene rings is 1. The van der Waals surface area contributed by atoms with E-state index in [0.29, 0.717) is 30.0 Å². The van der Waals surface area contributed by atoms with E-state index in [1.165, 1.54) is 42.5 Å². The lowest BCUT2D eigenvalue weighted by Crippen LogP contribution is -2.28. The summed E-state index contributed by atoms with van der Waals surface area (Å²) < 4.78 is 27.1. The quantitative estimate of drug-likeness (QED) is 0.263. The molecule has 3 aromatic rings. The van der Waals surface area contributed by atoms with Crippen molar-refractivity contribution in [2.24, 2.45) is 0 Å². The maximum absolute atomic E-state index is 12.2. The van der Waals surface area contributed by atoms with Gasteiger partial charge in [-0.2, -0.15) is 0 Å². The second-order valence-corrected chi connectivity index (χ2v) is 8.96. The number of anilines is 2. The van der Waals surface area contributed by atoms with Gasteiger partial charge < -0.3 is 10.6 Å². The highest BCUT2D eigenvalue weighted by Gasteiger charge is 2.15. The first kappa shape index (κ1) is 21.3. The van der Waals surface area contributed by atoms with Gasteiger partial charge in [0.2, 0.25) is 0 Å². The van der Waals surface area contributed by atoms with Crippen molar-refractivity contribution in [3.8, 4) is 0 Å². The lowest BCUT2D eigenvalue weighted by atomic mass is 10.2. The van der Waals surface area contributed by atoms with E-state index < -0.39 is 14.9 Å². The van der Waals surface area contributed by atoms with Crippen molar-refractivity contribution < 1.29 is 18.1 Å². The van der Waals surface area contributed by atoms with E-state index in [0.717, 1.165) is 11.3 Å². The molecule has 0 radical (unpaired) electrons. The zero-order valence-corrected chi connectivity index (χ0v) is 17.2. The van der Waals surface area contributed by atoms with Gasteiger partial charge in [0.25, 0.3) is 21.6 Å². The second kappa shape index (κ2) is 9.37. The van der Waals surface area contributed by atoms with Crippen LogP contribution in [0.1, 0.15) is 10.4 Å². The van der Waals surface area contributed by atoms with Gasteiger partial charge in [-0.3, -0.25) is 19.6 Å². The Morgan fingerprint density at radius 2 is 1.63 bits per heavy atom. The summed E-state index contributed by atoms with van der Waals surface area (Å²) in [7, 11) is -3.63. The molecular formula is C19H18N4O5S2. The Labute approximate surface area is 177 Å². The Bertz CT molecular complexity index is 1110. The molecule has 0 saturated carbocycles. The summed E-state index contributed by atoms with van der Waals surface area (Å²) in [5.74, 6) is -0.298. The summed E-state index contributed by atoms with van der Waals surface area (Å²) in [5, 5.41) is 18.1. The number of hydrogen-bond donors (Lipinski definition) is 3. The Balaban J connectivity index is 1.47. The molecule has 9 nitrogen and oxygen atoms in total. The van der Waals surface area contributed by atoms with Gasteiger partial charge >= 0.3 is 0 Å². The van der Waals surface area contributed by atoms with E-state index in [1.807, 2.05) is 0 Å². The van der Waals surface area contributed by atoms with Crippen LogP contribution in [0.3, 0.4) is 0 Å². The van der Waals surface area contributed by atoms with Crippen molar-refractivity contribution in [2.45, 2.75) is 4.21 Å². The first-order valence-electron chi connectivity index (χ1n) is 8.78. The van der Waals surface area contributed by atoms with Gasteiger partial charge in [0.05, 0.1) is 4.92 Å². The maximum Gasteiger partial charge on any atom is 0.271 e. The van der Waals surface area contributed by atoms with E-state index >= 15 is 0 Å². The monoisotopic (exact) mass is 446 g/mol. The van der Waals surface area contributed by atoms with Crippen molar-refractivity contribution in [3.63, 3.8) is 0 Å². The lowest BCUT2D eigenvalue weighted by molar-refractivity contribution is -0.384. The molecule has 3 rings (SSSR count). The van der Waals surface area contributed by atoms with Crippen molar-refractivity contribution in [2.75, 3.05) is 23.1 Å². The minimum Gasteiger partial charge on any atom is -0.383 e. The van der Waals surface area contributed by atoms with Crippen molar-refractivity contribution in [1.29, 1.82) is 0 Å². The molecule has 0 aliphatic carbocycles. The Hall–Kier alpha value is -3.44. The first-order chi connectivity index (χ1) is 14.3. The standard InChI is InChI=1S/C19H18N4O5S2/c24-19(21-12-11-20-15-7-9-17(10-8-15)23(25)26)14-3-5-16(6-4-14)22-30(27,28)18-2-1-13-29-18/h1-10,13,20,22H,11-12H2,(H,21,24). The third-order valence-electron chi connectivity index (χ3n) is 3.98. The minimum atomic E-state index is -3.63. The highest BCUT2D eigenvalue weighted by molar-refractivity contribution is 7.94. The molecule has 11 heteroatoms. The third-order valence-corrected chi connectivity index (χ3v) is 6.76. The van der Waals surface area contributed by atoms with E-state index in [9.17, 15) is 23.3 Å². The topological polar surface area (TPSA) is 130 Å². The molecule has 1 heterocycles. The molecule has 1 aromatic heterocycles. The largest absolute Gasteiger partial charge is 0.383 e. The number of benzene rings is 2. The van der Waals surface area contributed by atoms with E-state index in [2.05, 4.69) is 15.4 Å². The molecule has 0 spiro atoms. The van der Waals surface area contributed by atoms with Crippen LogP contribution in [0, 0.1) is 10.1 Å². The van der Waals surface area contributed by atoms with Crippen molar-refractivity contribution in [3.05, 3.63) is 81.7 Å². The maximum atomic E-state index is 12.2. The van der Waals surface area contributed by atoms with Crippen LogP contribution < -0.4 is 15.4 Å². The molecule has 0 unspecified atom stereocenters. The molecule has 2 aromatic carbocycles. The molecule has 30 heavy (non-hydrogen) atoms. The average Bonchev–Trinajstić information content (AvgIpc) is 3.28. The SMILES string of the molecule is O=C(NCCNc1ccc([N+](=O)[O-])cc1)c1ccc(NS(=O)(=O)c2cccs2)cc1. The first-order valence-corrected chi connectivity index (χ1v) is 11.1. The number of amides is 1. The molecular weight excluding hydrogens is 428 g/mol. The summed E-state index contributed by atoms with van der Waals surface area (Å²) in [5.41, 5.74) is 1.47. The molecule has 3 N–H and O–H groups in total. The Kier molecular flexibility index (Phi) is 6.65. The van der Waals surface area contributed by atoms with Crippen LogP contribution >= 0.6 is 11.3 Å². The number of hydrogen-bond acceptors (Lipinski definition) is 7. The zero-order valence-electron chi connectivity index (χ0n) is 15.6. The van der Waals surface area contributed by atoms with E-state index in [4.69, 9.17) is 0 Å². The fourth-order valence-electron chi connectivity index (χ4n) is 2.50. The van der Waals surface area contributed by atoms with Gasteiger partial charge in [-0.1, -0.05) is 6.07 Å². The molecule has 0 aliphatic heterocycles. The lowest BCUT2D eigenvalue weighted by Gasteiger charge is -2.09. The number of carbonyl (C=O) groups is 1. The Morgan fingerprint density at radius 3 is 2.23 bits per heavy atom. The summed E-state index contributed by atoms with van der Waals surface area (Å²) in [6.07, 6.45) is 0. The highest BCUT2D eigenvalue weighted by Crippen LogP contribution is 2.20. The fraction of sp³-hybridized carbons (Fsp3) is 0.105. The number of carbonyl (C=O) groups excluding carboxylic acids is 1. The van der Waals surface area contributed by atoms with Crippen LogP contribution in [0.15, 0.2) is 70.3 Å². The summed E-state index contributed by atoms with van der Waals surface area (Å²) in [4.78, 5) is 22.4. The van der Waals surface area contributed by atoms with Crippen molar-refractivity contribution >= 4 is 44.3 Å². The van der Waals surface area contributed by atoms with Crippen LogP contribution in [0.2, 0.25) is 0 Å². The van der Waals surface area contributed by atoms with Gasteiger partial charge in [-0.25, -0.2) is 8.42 Å². The van der Waals surface area contributed by atoms with Crippen LogP contribution in [0.4, 0.5) is 17.1 Å². The number of nitro benzene ring substituents is 1. The molecule has 0 bridgehead atoms. The van der Waals surface area contributed by atoms with Gasteiger partial charge in [0, 0.05) is 42.2 Å². The van der Waals surface area contributed by atoms with Crippen molar-refractivity contribution in [1.82, 2.24) is 5.32 Å². The van der Waals surface area contributed by atoms with Gasteiger partial charge in [-0.15, -0.1) is 11.3 Å². The van der Waals surface area contributed by atoms with E-state index in [1.54, 1.807) is 23.6 Å². The van der Waals surface area contributed by atoms with Crippen LogP contribution in [0.5, 0.6) is 0 Å². The average molecular weight is 447 g/mol. The number of nitrogens with one attached hydrogen (secondary N) is 3. The van der Waals surface area contributed by atoms with Gasteiger partial charge in [-0.05, 0) is 47.8 Å². The third kappa shape index (κ3) is 5.55. The predicted octanol–water partition coefficient (Wildman–Crippen LogP) is 3.30. The molecule has 0 aliphatic rings. The summed E-state index contributed by atoms with van der Waals surface area (Å²) in [6, 6.07) is 15.3. The molecule has 156 valence electrons. The predicted molar refractivity (Wildman–Crippen MR) is 115 cm³/mol. The van der Waals surface area contributed by atoms with Gasteiger partial charge in [0.1, 0.15) is 4.21 Å². The molecule has 0 atom stereocenters.